The quantitative estimate of drug-likeness (QED) is 0.514. The van der Waals surface area contributed by atoms with Gasteiger partial charge in [0, 0.05) is 6.54 Å². The number of thiophene rings is 1. The Balaban J connectivity index is 2.06. The van der Waals surface area contributed by atoms with Crippen molar-refractivity contribution >= 4 is 17.2 Å². The van der Waals surface area contributed by atoms with Gasteiger partial charge in [0.1, 0.15) is 12.4 Å². The Bertz CT molecular complexity index is 1010. The van der Waals surface area contributed by atoms with Crippen molar-refractivity contribution in [1.82, 2.24) is 19.7 Å². The summed E-state index contributed by atoms with van der Waals surface area (Å²) in [7, 11) is 0. The summed E-state index contributed by atoms with van der Waals surface area (Å²) in [4.78, 5) is 18.5. The fourth-order valence-electron chi connectivity index (χ4n) is 2.89. The molecular weight excluding hydrogens is 420 g/mol. The molecule has 0 aliphatic rings. The second-order valence-electron chi connectivity index (χ2n) is 7.97. The van der Waals surface area contributed by atoms with E-state index < -0.39 is 29.9 Å². The van der Waals surface area contributed by atoms with Crippen LogP contribution < -0.4 is 0 Å². The molecule has 0 fully saturated rings. The largest absolute Gasteiger partial charge is 0.406 e. The number of aromatic nitrogens is 3. The molecule has 2 aromatic heterocycles. The fraction of sp³-hybridized carbons (Fsp3) is 0.350. The summed E-state index contributed by atoms with van der Waals surface area (Å²) < 4.78 is 54.3. The lowest BCUT2D eigenvalue weighted by Crippen LogP contribution is -2.43. The van der Waals surface area contributed by atoms with E-state index in [1.807, 2.05) is 0 Å². The van der Waals surface area contributed by atoms with Crippen molar-refractivity contribution in [2.24, 2.45) is 5.41 Å². The Morgan fingerprint density at radius 3 is 2.43 bits per heavy atom. The molecule has 0 atom stereocenters. The first-order valence-corrected chi connectivity index (χ1v) is 9.94. The Morgan fingerprint density at radius 2 is 1.87 bits per heavy atom. The summed E-state index contributed by atoms with van der Waals surface area (Å²) in [6.07, 6.45) is -4.57. The molecule has 2 heterocycles. The lowest BCUT2D eigenvalue weighted by molar-refractivity contribution is -0.142. The van der Waals surface area contributed by atoms with Crippen LogP contribution in [-0.2, 0) is 0 Å². The topological polar surface area (TPSA) is 51.0 Å². The molecule has 5 nitrogen and oxygen atoms in total. The number of nitrogens with zero attached hydrogens (tertiary/aromatic N) is 4. The molecule has 1 amide bonds. The minimum absolute atomic E-state index is 0.131. The number of hydrogen-bond acceptors (Lipinski definition) is 4. The lowest BCUT2D eigenvalue weighted by atomic mass is 9.96. The van der Waals surface area contributed by atoms with E-state index in [9.17, 15) is 22.4 Å². The zero-order chi connectivity index (χ0) is 22.1. The van der Waals surface area contributed by atoms with Crippen molar-refractivity contribution in [3.05, 3.63) is 53.4 Å². The van der Waals surface area contributed by atoms with Crippen LogP contribution >= 0.6 is 11.3 Å². The molecule has 0 aliphatic heterocycles. The summed E-state index contributed by atoms with van der Waals surface area (Å²) in [6, 6.07) is 9.02. The number of halogens is 4. The van der Waals surface area contributed by atoms with Crippen molar-refractivity contribution in [2.75, 3.05) is 13.1 Å². The van der Waals surface area contributed by atoms with E-state index in [1.54, 1.807) is 44.4 Å². The van der Waals surface area contributed by atoms with E-state index in [4.69, 9.17) is 0 Å². The van der Waals surface area contributed by atoms with Gasteiger partial charge in [0.15, 0.2) is 5.82 Å². The van der Waals surface area contributed by atoms with Gasteiger partial charge in [-0.05, 0) is 35.1 Å². The third kappa shape index (κ3) is 5.44. The normalized spacial score (nSPS) is 12.2. The SMILES string of the molecule is CC(C)(C)CN(CC(F)(F)F)C(=O)c1nc(-c2cccs2)n(-c2cccc(F)c2)n1. The molecule has 10 heteroatoms. The standard InChI is InChI=1S/C20H20F4N4OS/c1-19(2,3)11-27(12-20(22,23)24)18(29)16-25-17(15-8-5-9-30-15)28(26-16)14-7-4-6-13(21)10-14/h4-10H,11-12H2,1-3H3. The van der Waals surface area contributed by atoms with Gasteiger partial charge in [0.25, 0.3) is 5.91 Å². The van der Waals surface area contributed by atoms with Crippen LogP contribution in [0.15, 0.2) is 41.8 Å². The molecule has 0 bridgehead atoms. The number of rotatable bonds is 5. The number of alkyl halides is 3. The van der Waals surface area contributed by atoms with Gasteiger partial charge in [-0.25, -0.2) is 14.1 Å². The zero-order valence-electron chi connectivity index (χ0n) is 16.6. The molecular formula is C20H20F4N4OS. The predicted molar refractivity (Wildman–Crippen MR) is 106 cm³/mol. The molecule has 0 aliphatic carbocycles. The highest BCUT2D eigenvalue weighted by molar-refractivity contribution is 7.13. The van der Waals surface area contributed by atoms with Crippen molar-refractivity contribution in [3.63, 3.8) is 0 Å². The smallest absolute Gasteiger partial charge is 0.326 e. The van der Waals surface area contributed by atoms with Crippen LogP contribution in [0.2, 0.25) is 0 Å². The highest BCUT2D eigenvalue weighted by Crippen LogP contribution is 2.27. The highest BCUT2D eigenvalue weighted by Gasteiger charge is 2.36. The predicted octanol–water partition coefficient (Wildman–Crippen LogP) is 5.19. The van der Waals surface area contributed by atoms with E-state index in [-0.39, 0.29) is 18.2 Å². The van der Waals surface area contributed by atoms with Gasteiger partial charge in [0.05, 0.1) is 10.6 Å². The van der Waals surface area contributed by atoms with Crippen LogP contribution in [0.1, 0.15) is 31.4 Å². The van der Waals surface area contributed by atoms with Gasteiger partial charge >= 0.3 is 6.18 Å². The molecule has 3 rings (SSSR count). The Labute approximate surface area is 175 Å². The number of amides is 1. The first-order chi connectivity index (χ1) is 13.9. The highest BCUT2D eigenvalue weighted by atomic mass is 32.1. The summed E-state index contributed by atoms with van der Waals surface area (Å²) in [5.74, 6) is -1.58. The lowest BCUT2D eigenvalue weighted by Gasteiger charge is -2.29. The maximum absolute atomic E-state index is 13.7. The summed E-state index contributed by atoms with van der Waals surface area (Å²) in [5, 5.41) is 5.93. The fourth-order valence-corrected chi connectivity index (χ4v) is 3.58. The van der Waals surface area contributed by atoms with Crippen LogP contribution in [0.4, 0.5) is 17.6 Å². The van der Waals surface area contributed by atoms with Crippen molar-refractivity contribution < 1.29 is 22.4 Å². The molecule has 30 heavy (non-hydrogen) atoms. The number of carbonyl (C=O) groups excluding carboxylic acids is 1. The maximum atomic E-state index is 13.7. The van der Waals surface area contributed by atoms with Crippen LogP contribution in [-0.4, -0.2) is 44.8 Å². The third-order valence-electron chi connectivity index (χ3n) is 3.92. The average Bonchev–Trinajstić information content (AvgIpc) is 3.27. The second kappa shape index (κ2) is 8.17. The van der Waals surface area contributed by atoms with Crippen LogP contribution in [0.5, 0.6) is 0 Å². The van der Waals surface area contributed by atoms with Gasteiger partial charge in [-0.15, -0.1) is 16.4 Å². The van der Waals surface area contributed by atoms with Crippen molar-refractivity contribution in [3.8, 4) is 16.4 Å². The average molecular weight is 440 g/mol. The van der Waals surface area contributed by atoms with Gasteiger partial charge in [-0.2, -0.15) is 13.2 Å². The summed E-state index contributed by atoms with van der Waals surface area (Å²) >= 11 is 1.32. The van der Waals surface area contributed by atoms with Crippen LogP contribution in [0.25, 0.3) is 16.4 Å². The molecule has 0 saturated carbocycles. The van der Waals surface area contributed by atoms with E-state index in [2.05, 4.69) is 10.1 Å². The van der Waals surface area contributed by atoms with Crippen molar-refractivity contribution in [2.45, 2.75) is 26.9 Å². The number of hydrogen-bond donors (Lipinski definition) is 0. The first-order valence-electron chi connectivity index (χ1n) is 9.06. The number of benzene rings is 1. The van der Waals surface area contributed by atoms with E-state index in [1.165, 1.54) is 34.2 Å². The molecule has 0 N–H and O–H groups in total. The van der Waals surface area contributed by atoms with Gasteiger partial charge < -0.3 is 4.90 Å². The monoisotopic (exact) mass is 440 g/mol. The molecule has 0 radical (unpaired) electrons. The molecule has 0 saturated heterocycles. The van der Waals surface area contributed by atoms with Gasteiger partial charge in [0.2, 0.25) is 5.82 Å². The van der Waals surface area contributed by atoms with Crippen LogP contribution in [0.3, 0.4) is 0 Å². The van der Waals surface area contributed by atoms with E-state index >= 15 is 0 Å². The molecule has 1 aromatic carbocycles. The van der Waals surface area contributed by atoms with E-state index in [0.717, 1.165) is 0 Å². The molecule has 0 unspecified atom stereocenters. The Kier molecular flexibility index (Phi) is 5.98. The minimum Gasteiger partial charge on any atom is -0.326 e. The zero-order valence-corrected chi connectivity index (χ0v) is 17.4. The number of carbonyl (C=O) groups is 1. The van der Waals surface area contributed by atoms with E-state index in [0.29, 0.717) is 15.5 Å². The summed E-state index contributed by atoms with van der Waals surface area (Å²) in [5.41, 5.74) is -0.258. The van der Waals surface area contributed by atoms with Gasteiger partial charge in [-0.1, -0.05) is 32.9 Å². The molecule has 0 spiro atoms. The van der Waals surface area contributed by atoms with Gasteiger partial charge in [-0.3, -0.25) is 4.79 Å². The molecule has 160 valence electrons. The first kappa shape index (κ1) is 21.9. The molecule has 3 aromatic rings. The Hall–Kier alpha value is -2.75. The Morgan fingerprint density at radius 1 is 1.13 bits per heavy atom. The summed E-state index contributed by atoms with van der Waals surface area (Å²) in [6.45, 7) is 3.67. The maximum Gasteiger partial charge on any atom is 0.406 e. The van der Waals surface area contributed by atoms with Crippen molar-refractivity contribution in [1.29, 1.82) is 0 Å². The minimum atomic E-state index is -4.57. The second-order valence-corrected chi connectivity index (χ2v) is 8.91. The van der Waals surface area contributed by atoms with Crippen LogP contribution in [0, 0.1) is 11.2 Å². The third-order valence-corrected chi connectivity index (χ3v) is 4.78.